The van der Waals surface area contributed by atoms with Gasteiger partial charge in [-0.3, -0.25) is 0 Å². The summed E-state index contributed by atoms with van der Waals surface area (Å²) in [6, 6.07) is 12.5. The highest BCUT2D eigenvalue weighted by atomic mass is 35.5. The maximum absolute atomic E-state index is 13.8. The highest BCUT2D eigenvalue weighted by molar-refractivity contribution is 6.22. The summed E-state index contributed by atoms with van der Waals surface area (Å²) in [6.07, 6.45) is 0. The summed E-state index contributed by atoms with van der Waals surface area (Å²) in [4.78, 5) is 0. The van der Waals surface area contributed by atoms with Crippen molar-refractivity contribution in [3.05, 3.63) is 65.0 Å². The van der Waals surface area contributed by atoms with E-state index in [1.54, 1.807) is 18.2 Å². The molecular weight excluding hydrogens is 275 g/mol. The van der Waals surface area contributed by atoms with E-state index in [-0.39, 0.29) is 11.2 Å². The summed E-state index contributed by atoms with van der Waals surface area (Å²) in [5.74, 6) is 0.625. The van der Waals surface area contributed by atoms with Crippen molar-refractivity contribution in [2.75, 3.05) is 6.61 Å². The second-order valence-electron chi connectivity index (χ2n) is 5.81. The summed E-state index contributed by atoms with van der Waals surface area (Å²) in [7, 11) is 0. The average molecular weight is 291 g/mol. The summed E-state index contributed by atoms with van der Waals surface area (Å²) < 4.78 is 19.5. The maximum atomic E-state index is 13.8. The lowest BCUT2D eigenvalue weighted by atomic mass is 9.85. The molecule has 1 unspecified atom stereocenters. The van der Waals surface area contributed by atoms with Crippen molar-refractivity contribution < 1.29 is 9.13 Å². The molecule has 3 heteroatoms. The van der Waals surface area contributed by atoms with Crippen molar-refractivity contribution in [2.45, 2.75) is 24.6 Å². The molecule has 0 bridgehead atoms. The highest BCUT2D eigenvalue weighted by Crippen LogP contribution is 2.41. The summed E-state index contributed by atoms with van der Waals surface area (Å²) in [5, 5.41) is -0.488. The number of halogens is 2. The third-order valence-electron chi connectivity index (χ3n) is 3.79. The minimum absolute atomic E-state index is 0.0306. The fraction of sp³-hybridized carbons (Fsp3) is 0.294. The molecule has 0 amide bonds. The third-order valence-corrected chi connectivity index (χ3v) is 4.28. The van der Waals surface area contributed by atoms with Gasteiger partial charge in [0.2, 0.25) is 0 Å². The van der Waals surface area contributed by atoms with Gasteiger partial charge < -0.3 is 4.74 Å². The zero-order chi connectivity index (χ0) is 14.3. The molecule has 0 aromatic heterocycles. The van der Waals surface area contributed by atoms with Crippen LogP contribution in [0.25, 0.3) is 0 Å². The van der Waals surface area contributed by atoms with Crippen LogP contribution in [0.2, 0.25) is 0 Å². The molecule has 1 heterocycles. The summed E-state index contributed by atoms with van der Waals surface area (Å²) in [5.41, 5.74) is 2.51. The molecule has 0 N–H and O–H groups in total. The van der Waals surface area contributed by atoms with Gasteiger partial charge in [0.05, 0.1) is 12.0 Å². The lowest BCUT2D eigenvalue weighted by Crippen LogP contribution is -2.18. The Labute approximate surface area is 123 Å². The molecule has 20 heavy (non-hydrogen) atoms. The van der Waals surface area contributed by atoms with E-state index >= 15 is 0 Å². The predicted octanol–water partition coefficient (Wildman–Crippen LogP) is 4.82. The monoisotopic (exact) mass is 290 g/mol. The number of benzene rings is 2. The van der Waals surface area contributed by atoms with Crippen LogP contribution < -0.4 is 4.74 Å². The quantitative estimate of drug-likeness (QED) is 0.720. The van der Waals surface area contributed by atoms with Crippen LogP contribution in [0.3, 0.4) is 0 Å². The smallest absolute Gasteiger partial charge is 0.128 e. The van der Waals surface area contributed by atoms with Gasteiger partial charge in [-0.2, -0.15) is 0 Å². The number of fused-ring (bicyclic) bond motifs is 1. The molecule has 2 aromatic carbocycles. The Morgan fingerprint density at radius 2 is 1.95 bits per heavy atom. The molecule has 0 radical (unpaired) electrons. The van der Waals surface area contributed by atoms with E-state index in [0.717, 1.165) is 16.9 Å². The lowest BCUT2D eigenvalue weighted by molar-refractivity contribution is 0.291. The van der Waals surface area contributed by atoms with E-state index < -0.39 is 5.38 Å². The highest BCUT2D eigenvalue weighted by Gasteiger charge is 2.32. The standard InChI is InChI=1S/C17H16ClFO/c1-17(2)10-20-15-8-7-11(9-13(15)17)16(18)12-5-3-4-6-14(12)19/h3-9,16H,10H2,1-2H3. The van der Waals surface area contributed by atoms with Crippen LogP contribution in [0.5, 0.6) is 5.75 Å². The van der Waals surface area contributed by atoms with Crippen molar-refractivity contribution in [2.24, 2.45) is 0 Å². The number of hydrogen-bond donors (Lipinski definition) is 0. The first-order valence-electron chi connectivity index (χ1n) is 6.65. The molecule has 0 saturated carbocycles. The molecule has 1 nitrogen and oxygen atoms in total. The van der Waals surface area contributed by atoms with Crippen LogP contribution in [0, 0.1) is 5.82 Å². The third kappa shape index (κ3) is 2.18. The van der Waals surface area contributed by atoms with E-state index in [2.05, 4.69) is 13.8 Å². The van der Waals surface area contributed by atoms with Crippen molar-refractivity contribution in [3.8, 4) is 5.75 Å². The van der Waals surface area contributed by atoms with Crippen LogP contribution in [0.15, 0.2) is 42.5 Å². The van der Waals surface area contributed by atoms with Gasteiger partial charge in [0.15, 0.2) is 0 Å². The first-order valence-corrected chi connectivity index (χ1v) is 7.08. The van der Waals surface area contributed by atoms with Gasteiger partial charge in [0.1, 0.15) is 11.6 Å². The first-order chi connectivity index (χ1) is 9.49. The van der Waals surface area contributed by atoms with Crippen LogP contribution in [-0.2, 0) is 5.41 Å². The molecule has 1 aliphatic heterocycles. The van der Waals surface area contributed by atoms with E-state index in [1.807, 2.05) is 18.2 Å². The molecule has 0 fully saturated rings. The maximum Gasteiger partial charge on any atom is 0.128 e. The van der Waals surface area contributed by atoms with Crippen molar-refractivity contribution >= 4 is 11.6 Å². The second kappa shape index (κ2) is 4.78. The number of ether oxygens (including phenoxy) is 1. The van der Waals surface area contributed by atoms with Crippen molar-refractivity contribution in [1.82, 2.24) is 0 Å². The van der Waals surface area contributed by atoms with Crippen molar-refractivity contribution in [3.63, 3.8) is 0 Å². The topological polar surface area (TPSA) is 9.23 Å². The fourth-order valence-electron chi connectivity index (χ4n) is 2.56. The normalized spacial score (nSPS) is 17.4. The Hall–Kier alpha value is -1.54. The van der Waals surface area contributed by atoms with Gasteiger partial charge in [0.25, 0.3) is 0 Å². The molecule has 2 aromatic rings. The Morgan fingerprint density at radius 3 is 2.70 bits per heavy atom. The average Bonchev–Trinajstić information content (AvgIpc) is 2.74. The first kappa shape index (κ1) is 13.4. The Balaban J connectivity index is 2.02. The molecule has 0 aliphatic carbocycles. The zero-order valence-corrected chi connectivity index (χ0v) is 12.2. The van der Waals surface area contributed by atoms with Crippen LogP contribution in [-0.4, -0.2) is 6.61 Å². The second-order valence-corrected chi connectivity index (χ2v) is 6.25. The molecule has 3 rings (SSSR count). The number of alkyl halides is 1. The van der Waals surface area contributed by atoms with E-state index in [0.29, 0.717) is 12.2 Å². The van der Waals surface area contributed by atoms with Gasteiger partial charge >= 0.3 is 0 Å². The minimum atomic E-state index is -0.488. The van der Waals surface area contributed by atoms with Gasteiger partial charge in [-0.05, 0) is 23.8 Å². The molecule has 104 valence electrons. The largest absolute Gasteiger partial charge is 0.492 e. The van der Waals surface area contributed by atoms with Crippen LogP contribution >= 0.6 is 11.6 Å². The number of hydrogen-bond acceptors (Lipinski definition) is 1. The molecular formula is C17H16ClFO. The minimum Gasteiger partial charge on any atom is -0.492 e. The van der Waals surface area contributed by atoms with Gasteiger partial charge in [-0.15, -0.1) is 11.6 Å². The molecule has 1 atom stereocenters. The van der Waals surface area contributed by atoms with Crippen LogP contribution in [0.1, 0.15) is 35.9 Å². The number of rotatable bonds is 2. The van der Waals surface area contributed by atoms with E-state index in [4.69, 9.17) is 16.3 Å². The Bertz CT molecular complexity index is 651. The van der Waals surface area contributed by atoms with E-state index in [9.17, 15) is 4.39 Å². The Kier molecular flexibility index (Phi) is 3.21. The molecule has 0 spiro atoms. The zero-order valence-electron chi connectivity index (χ0n) is 11.5. The van der Waals surface area contributed by atoms with Gasteiger partial charge in [-0.1, -0.05) is 38.1 Å². The molecule has 1 aliphatic rings. The SMILES string of the molecule is CC1(C)COc2ccc(C(Cl)c3ccccc3F)cc21. The lowest BCUT2D eigenvalue weighted by Gasteiger charge is -2.17. The van der Waals surface area contributed by atoms with E-state index in [1.165, 1.54) is 6.07 Å². The van der Waals surface area contributed by atoms with Gasteiger partial charge in [0, 0.05) is 16.5 Å². The summed E-state index contributed by atoms with van der Waals surface area (Å²) >= 11 is 6.45. The van der Waals surface area contributed by atoms with Gasteiger partial charge in [-0.25, -0.2) is 4.39 Å². The fourth-order valence-corrected chi connectivity index (χ4v) is 2.87. The predicted molar refractivity (Wildman–Crippen MR) is 79.1 cm³/mol. The summed E-state index contributed by atoms with van der Waals surface area (Å²) in [6.45, 7) is 4.93. The molecule has 0 saturated heterocycles. The van der Waals surface area contributed by atoms with Crippen molar-refractivity contribution in [1.29, 1.82) is 0 Å². The van der Waals surface area contributed by atoms with Crippen LogP contribution in [0.4, 0.5) is 4.39 Å². The Morgan fingerprint density at radius 1 is 1.20 bits per heavy atom.